The first-order valence-corrected chi connectivity index (χ1v) is 14.0. The van der Waals surface area contributed by atoms with E-state index in [2.05, 4.69) is 15.3 Å². The van der Waals surface area contributed by atoms with Crippen molar-refractivity contribution in [3.05, 3.63) is 40.0 Å². The zero-order chi connectivity index (χ0) is 24.8. The second kappa shape index (κ2) is 9.72. The Morgan fingerprint density at radius 2 is 1.78 bits per heavy atom. The summed E-state index contributed by atoms with van der Waals surface area (Å²) >= 11 is 8.02. The molecule has 3 fully saturated rings. The maximum absolute atomic E-state index is 13.0. The molecule has 2 aromatic heterocycles. The number of likely N-dealkylation sites (tertiary alicyclic amines) is 1. The van der Waals surface area contributed by atoms with Crippen molar-refractivity contribution in [3.8, 4) is 17.0 Å². The van der Waals surface area contributed by atoms with Crippen molar-refractivity contribution in [3.63, 3.8) is 0 Å². The molecule has 36 heavy (non-hydrogen) atoms. The molecule has 1 aromatic carbocycles. The zero-order valence-corrected chi connectivity index (χ0v) is 21.8. The summed E-state index contributed by atoms with van der Waals surface area (Å²) in [5.74, 6) is 0.489. The molecule has 0 bridgehead atoms. The Bertz CT molecular complexity index is 1310. The molecule has 2 aliphatic heterocycles. The van der Waals surface area contributed by atoms with Crippen LogP contribution in [0.15, 0.2) is 24.5 Å². The van der Waals surface area contributed by atoms with Gasteiger partial charge in [-0.25, -0.2) is 9.97 Å². The summed E-state index contributed by atoms with van der Waals surface area (Å²) in [7, 11) is 0. The van der Waals surface area contributed by atoms with Gasteiger partial charge in [-0.2, -0.15) is 0 Å². The van der Waals surface area contributed by atoms with Crippen LogP contribution in [0.5, 0.6) is 5.75 Å². The number of ether oxygens (including phenoxy) is 1. The van der Waals surface area contributed by atoms with Crippen LogP contribution >= 0.6 is 22.9 Å². The molecule has 0 radical (unpaired) electrons. The lowest BCUT2D eigenvalue weighted by Gasteiger charge is -2.26. The van der Waals surface area contributed by atoms with Crippen LogP contribution < -0.4 is 10.1 Å². The second-order valence-electron chi connectivity index (χ2n) is 10.1. The fraction of sp³-hybridized carbons (Fsp3) is 0.481. The highest BCUT2D eigenvalue weighted by Gasteiger charge is 2.48. The number of halogens is 1. The Balaban J connectivity index is 1.35. The van der Waals surface area contributed by atoms with Gasteiger partial charge in [0.1, 0.15) is 18.2 Å². The first-order chi connectivity index (χ1) is 17.5. The van der Waals surface area contributed by atoms with Crippen LogP contribution in [0.1, 0.15) is 49.0 Å². The third-order valence-electron chi connectivity index (χ3n) is 7.67. The first-order valence-electron chi connectivity index (χ1n) is 12.8. The molecule has 1 saturated carbocycles. The Hall–Kier alpha value is -2.55. The number of imide groups is 1. The van der Waals surface area contributed by atoms with E-state index < -0.39 is 0 Å². The SMILES string of the molecule is Cc1cc(Cl)cc(-c2ncnc3cc(CN4C(=O)C5CCCCC5C4=O)sc23)c1OC1CCNCC1. The number of hydrogen-bond donors (Lipinski definition) is 1. The molecule has 9 heteroatoms. The largest absolute Gasteiger partial charge is 0.489 e. The van der Waals surface area contributed by atoms with E-state index in [0.717, 1.165) is 89.3 Å². The van der Waals surface area contributed by atoms with E-state index in [1.807, 2.05) is 25.1 Å². The number of aromatic nitrogens is 2. The summed E-state index contributed by atoms with van der Waals surface area (Å²) in [6, 6.07) is 5.80. The molecule has 1 N–H and O–H groups in total. The summed E-state index contributed by atoms with van der Waals surface area (Å²) in [6.45, 7) is 4.18. The third kappa shape index (κ3) is 4.29. The standard InChI is InChI=1S/C27H29ClN4O3S/c1-15-10-16(28)11-21(24(15)35-17-6-8-29-9-7-17)23-25-22(30-14-31-23)12-18(36-25)13-32-26(33)19-4-2-3-5-20(19)27(32)34/h10-12,14,17,19-20,29H,2-9,13H2,1H3. The number of benzene rings is 1. The lowest BCUT2D eigenvalue weighted by molar-refractivity contribution is -0.140. The molecule has 2 unspecified atom stereocenters. The van der Waals surface area contributed by atoms with E-state index in [0.29, 0.717) is 5.02 Å². The minimum absolute atomic E-state index is 0.0170. The molecule has 6 rings (SSSR count). The molecule has 2 amide bonds. The van der Waals surface area contributed by atoms with Crippen LogP contribution in [0.4, 0.5) is 0 Å². The molecule has 4 heterocycles. The van der Waals surface area contributed by atoms with E-state index >= 15 is 0 Å². The maximum Gasteiger partial charge on any atom is 0.233 e. The molecule has 2 saturated heterocycles. The van der Waals surface area contributed by atoms with Crippen molar-refractivity contribution in [1.82, 2.24) is 20.2 Å². The predicted octanol–water partition coefficient (Wildman–Crippen LogP) is 5.13. The number of rotatable bonds is 5. The highest BCUT2D eigenvalue weighted by molar-refractivity contribution is 7.19. The van der Waals surface area contributed by atoms with E-state index in [9.17, 15) is 9.59 Å². The van der Waals surface area contributed by atoms with Crippen LogP contribution in [0, 0.1) is 18.8 Å². The number of aryl methyl sites for hydroxylation is 1. The lowest BCUT2D eigenvalue weighted by atomic mass is 9.81. The van der Waals surface area contributed by atoms with Gasteiger partial charge >= 0.3 is 0 Å². The Kier molecular flexibility index (Phi) is 6.44. The Labute approximate surface area is 219 Å². The van der Waals surface area contributed by atoms with Gasteiger partial charge in [0.15, 0.2) is 0 Å². The maximum atomic E-state index is 13.0. The fourth-order valence-electron chi connectivity index (χ4n) is 5.86. The Morgan fingerprint density at radius 3 is 2.50 bits per heavy atom. The average Bonchev–Trinajstić information content (AvgIpc) is 3.41. The van der Waals surface area contributed by atoms with Gasteiger partial charge in [0.05, 0.1) is 34.3 Å². The summed E-state index contributed by atoms with van der Waals surface area (Å²) in [5, 5.41) is 4.00. The van der Waals surface area contributed by atoms with Crippen molar-refractivity contribution in [2.45, 2.75) is 58.1 Å². The number of thiophene rings is 1. The number of piperidine rings is 1. The monoisotopic (exact) mass is 524 g/mol. The lowest BCUT2D eigenvalue weighted by Crippen LogP contribution is -2.34. The normalized spacial score (nSPS) is 22.9. The van der Waals surface area contributed by atoms with Gasteiger partial charge in [0.2, 0.25) is 11.8 Å². The molecule has 3 aliphatic rings. The number of carbonyl (C=O) groups is 2. The number of nitrogens with one attached hydrogen (secondary N) is 1. The average molecular weight is 525 g/mol. The fourth-order valence-corrected chi connectivity index (χ4v) is 7.23. The van der Waals surface area contributed by atoms with E-state index in [-0.39, 0.29) is 36.3 Å². The topological polar surface area (TPSA) is 84.4 Å². The number of amides is 2. The molecule has 0 spiro atoms. The van der Waals surface area contributed by atoms with Crippen molar-refractivity contribution in [2.24, 2.45) is 11.8 Å². The number of hydrogen-bond acceptors (Lipinski definition) is 7. The van der Waals surface area contributed by atoms with Crippen molar-refractivity contribution >= 4 is 45.0 Å². The molecular weight excluding hydrogens is 496 g/mol. The number of nitrogens with zero attached hydrogens (tertiary/aromatic N) is 3. The zero-order valence-electron chi connectivity index (χ0n) is 20.3. The number of carbonyl (C=O) groups excluding carboxylic acids is 2. The quantitative estimate of drug-likeness (QED) is 0.466. The molecule has 188 valence electrons. The van der Waals surface area contributed by atoms with Gasteiger partial charge in [0, 0.05) is 15.5 Å². The minimum atomic E-state index is -0.139. The van der Waals surface area contributed by atoms with Gasteiger partial charge in [-0.3, -0.25) is 14.5 Å². The highest BCUT2D eigenvalue weighted by Crippen LogP contribution is 2.42. The molecule has 1 aliphatic carbocycles. The van der Waals surface area contributed by atoms with E-state index in [4.69, 9.17) is 16.3 Å². The van der Waals surface area contributed by atoms with E-state index in [1.165, 1.54) is 16.2 Å². The van der Waals surface area contributed by atoms with E-state index in [1.54, 1.807) is 6.33 Å². The van der Waals surface area contributed by atoms with Gasteiger partial charge in [-0.1, -0.05) is 24.4 Å². The summed E-state index contributed by atoms with van der Waals surface area (Å²) in [6.07, 6.45) is 7.28. The van der Waals surface area contributed by atoms with Crippen molar-refractivity contribution in [2.75, 3.05) is 13.1 Å². The molecule has 2 atom stereocenters. The Morgan fingerprint density at radius 1 is 1.06 bits per heavy atom. The van der Waals surface area contributed by atoms with Crippen molar-refractivity contribution < 1.29 is 14.3 Å². The van der Waals surface area contributed by atoms with Crippen LogP contribution in [0.3, 0.4) is 0 Å². The van der Waals surface area contributed by atoms with Gasteiger partial charge in [-0.05, 0) is 69.5 Å². The van der Waals surface area contributed by atoms with Gasteiger partial charge < -0.3 is 10.1 Å². The number of fused-ring (bicyclic) bond motifs is 2. The minimum Gasteiger partial charge on any atom is -0.489 e. The van der Waals surface area contributed by atoms with Crippen LogP contribution in [-0.4, -0.2) is 45.9 Å². The summed E-state index contributed by atoms with van der Waals surface area (Å²) < 4.78 is 7.42. The van der Waals surface area contributed by atoms with Gasteiger partial charge in [-0.15, -0.1) is 11.3 Å². The van der Waals surface area contributed by atoms with Crippen LogP contribution in [0.2, 0.25) is 5.02 Å². The summed E-state index contributed by atoms with van der Waals surface area (Å²) in [5.41, 5.74) is 3.37. The second-order valence-corrected chi connectivity index (χ2v) is 11.6. The molecule has 3 aromatic rings. The molecular formula is C27H29ClN4O3S. The van der Waals surface area contributed by atoms with Crippen molar-refractivity contribution in [1.29, 1.82) is 0 Å². The van der Waals surface area contributed by atoms with Crippen LogP contribution in [-0.2, 0) is 16.1 Å². The van der Waals surface area contributed by atoms with Gasteiger partial charge in [0.25, 0.3) is 0 Å². The molecule has 7 nitrogen and oxygen atoms in total. The smallest absolute Gasteiger partial charge is 0.233 e. The third-order valence-corrected chi connectivity index (χ3v) is 9.01. The predicted molar refractivity (Wildman–Crippen MR) is 140 cm³/mol. The highest BCUT2D eigenvalue weighted by atomic mass is 35.5. The summed E-state index contributed by atoms with van der Waals surface area (Å²) in [4.78, 5) is 37.6. The first kappa shape index (κ1) is 23.8. The van der Waals surface area contributed by atoms with Crippen LogP contribution in [0.25, 0.3) is 21.5 Å².